The van der Waals surface area contributed by atoms with Crippen molar-refractivity contribution in [2.24, 2.45) is 0 Å². The lowest BCUT2D eigenvalue weighted by Crippen LogP contribution is -2.33. The number of nitrogens with zero attached hydrogens (tertiary/aromatic N) is 5. The second-order valence-electron chi connectivity index (χ2n) is 6.42. The number of carbonyl (C=O) groups excluding carboxylic acids is 1. The number of hydrogen-bond acceptors (Lipinski definition) is 6. The number of amides is 1. The van der Waals surface area contributed by atoms with E-state index in [1.54, 1.807) is 29.8 Å². The Balaban J connectivity index is 1.50. The second-order valence-corrected chi connectivity index (χ2v) is 7.64. The van der Waals surface area contributed by atoms with Gasteiger partial charge in [0.2, 0.25) is 0 Å². The molecule has 28 heavy (non-hydrogen) atoms. The number of anilines is 2. The Bertz CT molecular complexity index is 1000. The lowest BCUT2D eigenvalue weighted by molar-refractivity contribution is 0.102. The van der Waals surface area contributed by atoms with Crippen LogP contribution in [0.5, 0.6) is 0 Å². The normalized spacial score (nSPS) is 14.1. The fourth-order valence-electron chi connectivity index (χ4n) is 2.87. The molecule has 0 atom stereocenters. The van der Waals surface area contributed by atoms with Crippen molar-refractivity contribution in [2.75, 3.05) is 34.8 Å². The lowest BCUT2D eigenvalue weighted by Gasteiger charge is -2.27. The van der Waals surface area contributed by atoms with Crippen LogP contribution in [-0.4, -0.2) is 50.0 Å². The smallest absolute Gasteiger partial charge is 0.275 e. The third kappa shape index (κ3) is 3.99. The van der Waals surface area contributed by atoms with Gasteiger partial charge < -0.3 is 10.2 Å². The minimum Gasteiger partial charge on any atom is -0.355 e. The molecule has 1 aliphatic heterocycles. The van der Waals surface area contributed by atoms with E-state index < -0.39 is 5.91 Å². The summed E-state index contributed by atoms with van der Waals surface area (Å²) in [6, 6.07) is 6.44. The Morgan fingerprint density at radius 3 is 2.71 bits per heavy atom. The zero-order valence-electron chi connectivity index (χ0n) is 15.3. The molecule has 0 saturated carbocycles. The van der Waals surface area contributed by atoms with Gasteiger partial charge in [-0.2, -0.15) is 11.8 Å². The summed E-state index contributed by atoms with van der Waals surface area (Å²) < 4.78 is 15.3. The molecule has 1 aromatic carbocycles. The van der Waals surface area contributed by atoms with Crippen molar-refractivity contribution in [1.82, 2.24) is 19.5 Å². The predicted octanol–water partition coefficient (Wildman–Crippen LogP) is 2.92. The van der Waals surface area contributed by atoms with Gasteiger partial charge in [-0.25, -0.2) is 19.3 Å². The Morgan fingerprint density at radius 2 is 1.93 bits per heavy atom. The molecule has 0 aliphatic carbocycles. The minimum absolute atomic E-state index is 0.218. The molecule has 3 aromatic rings. The quantitative estimate of drug-likeness (QED) is 0.728. The van der Waals surface area contributed by atoms with Gasteiger partial charge in [0, 0.05) is 42.5 Å². The van der Waals surface area contributed by atoms with E-state index in [0.29, 0.717) is 17.1 Å². The first-order chi connectivity index (χ1) is 13.6. The van der Waals surface area contributed by atoms with Gasteiger partial charge in [0.15, 0.2) is 0 Å². The maximum Gasteiger partial charge on any atom is 0.275 e. The number of imidazole rings is 1. The van der Waals surface area contributed by atoms with Gasteiger partial charge in [0.05, 0.1) is 0 Å². The van der Waals surface area contributed by atoms with E-state index in [2.05, 4.69) is 25.2 Å². The monoisotopic (exact) mass is 398 g/mol. The summed E-state index contributed by atoms with van der Waals surface area (Å²) >= 11 is 1.93. The van der Waals surface area contributed by atoms with Crippen LogP contribution in [0.1, 0.15) is 16.1 Å². The van der Waals surface area contributed by atoms with Crippen molar-refractivity contribution in [2.45, 2.75) is 6.92 Å². The van der Waals surface area contributed by atoms with Crippen LogP contribution in [-0.2, 0) is 0 Å². The Kier molecular flexibility index (Phi) is 5.25. The van der Waals surface area contributed by atoms with Crippen LogP contribution in [0.3, 0.4) is 0 Å². The Morgan fingerprint density at radius 1 is 1.14 bits per heavy atom. The molecule has 7 nitrogen and oxygen atoms in total. The molecule has 2 aromatic heterocycles. The van der Waals surface area contributed by atoms with Crippen molar-refractivity contribution >= 4 is 29.2 Å². The van der Waals surface area contributed by atoms with E-state index in [0.717, 1.165) is 30.4 Å². The van der Waals surface area contributed by atoms with Crippen LogP contribution < -0.4 is 10.2 Å². The van der Waals surface area contributed by atoms with Gasteiger partial charge in [0.25, 0.3) is 5.91 Å². The number of benzene rings is 1. The Hall–Kier alpha value is -2.94. The summed E-state index contributed by atoms with van der Waals surface area (Å²) in [7, 11) is 0. The van der Waals surface area contributed by atoms with E-state index in [1.165, 1.54) is 18.7 Å². The fourth-order valence-corrected chi connectivity index (χ4v) is 3.78. The number of aryl methyl sites for hydroxylation is 1. The van der Waals surface area contributed by atoms with Crippen LogP contribution in [0.2, 0.25) is 0 Å². The first-order valence-corrected chi connectivity index (χ1v) is 10.0. The summed E-state index contributed by atoms with van der Waals surface area (Å²) in [6.07, 6.45) is 4.64. The molecule has 0 spiro atoms. The van der Waals surface area contributed by atoms with Crippen molar-refractivity contribution in [3.8, 4) is 5.82 Å². The van der Waals surface area contributed by atoms with Crippen molar-refractivity contribution in [3.63, 3.8) is 0 Å². The summed E-state index contributed by atoms with van der Waals surface area (Å²) in [5, 5.41) is 2.66. The molecule has 4 rings (SSSR count). The zero-order chi connectivity index (χ0) is 19.5. The van der Waals surface area contributed by atoms with Crippen LogP contribution in [0, 0.1) is 12.7 Å². The highest BCUT2D eigenvalue weighted by Crippen LogP contribution is 2.19. The summed E-state index contributed by atoms with van der Waals surface area (Å²) in [4.78, 5) is 27.4. The number of aromatic nitrogens is 4. The van der Waals surface area contributed by atoms with Crippen molar-refractivity contribution < 1.29 is 9.18 Å². The highest BCUT2D eigenvalue weighted by Gasteiger charge is 2.15. The van der Waals surface area contributed by atoms with Gasteiger partial charge in [-0.3, -0.25) is 9.36 Å². The summed E-state index contributed by atoms with van der Waals surface area (Å²) in [5.41, 5.74) is 1.12. The number of halogens is 1. The molecule has 1 aliphatic rings. The SMILES string of the molecule is Cc1ccc(NC(=O)c2cn(-c3cc(N4CCSCC4)ncn3)cn2)cc1F. The number of carbonyl (C=O) groups is 1. The molecule has 1 amide bonds. The van der Waals surface area contributed by atoms with Crippen molar-refractivity contribution in [3.05, 3.63) is 60.2 Å². The minimum atomic E-state index is -0.413. The van der Waals surface area contributed by atoms with Gasteiger partial charge in [0.1, 0.15) is 35.8 Å². The summed E-state index contributed by atoms with van der Waals surface area (Å²) in [5.74, 6) is 2.87. The van der Waals surface area contributed by atoms with Crippen LogP contribution in [0.4, 0.5) is 15.9 Å². The second kappa shape index (κ2) is 7.97. The predicted molar refractivity (Wildman–Crippen MR) is 108 cm³/mol. The van der Waals surface area contributed by atoms with E-state index in [-0.39, 0.29) is 11.5 Å². The van der Waals surface area contributed by atoms with Gasteiger partial charge in [-0.05, 0) is 24.6 Å². The number of hydrogen-bond donors (Lipinski definition) is 1. The molecule has 1 N–H and O–H groups in total. The van der Waals surface area contributed by atoms with Gasteiger partial charge >= 0.3 is 0 Å². The fraction of sp³-hybridized carbons (Fsp3) is 0.263. The molecule has 3 heterocycles. The molecule has 1 fully saturated rings. The largest absolute Gasteiger partial charge is 0.355 e. The lowest BCUT2D eigenvalue weighted by atomic mass is 10.2. The first kappa shape index (κ1) is 18.4. The standard InChI is InChI=1S/C19H19FN6OS/c1-13-2-3-14(8-15(13)20)24-19(27)16-10-26(12-23-16)18-9-17(21-11-22-18)25-4-6-28-7-5-25/h2-3,8-12H,4-7H2,1H3,(H,24,27). The molecule has 0 radical (unpaired) electrons. The van der Waals surface area contributed by atoms with Crippen LogP contribution in [0.25, 0.3) is 5.82 Å². The molecular formula is C19H19FN6OS. The number of thioether (sulfide) groups is 1. The van der Waals surface area contributed by atoms with Crippen LogP contribution in [0.15, 0.2) is 43.1 Å². The molecular weight excluding hydrogens is 379 g/mol. The van der Waals surface area contributed by atoms with E-state index in [4.69, 9.17) is 0 Å². The number of nitrogens with one attached hydrogen (secondary N) is 1. The first-order valence-electron chi connectivity index (χ1n) is 8.87. The van der Waals surface area contributed by atoms with Crippen molar-refractivity contribution in [1.29, 1.82) is 0 Å². The zero-order valence-corrected chi connectivity index (χ0v) is 16.1. The van der Waals surface area contributed by atoms with Gasteiger partial charge in [-0.1, -0.05) is 6.07 Å². The third-order valence-electron chi connectivity index (χ3n) is 4.48. The number of rotatable bonds is 4. The highest BCUT2D eigenvalue weighted by atomic mass is 32.2. The average Bonchev–Trinajstić information content (AvgIpc) is 3.22. The maximum atomic E-state index is 13.7. The van der Waals surface area contributed by atoms with E-state index in [1.807, 2.05) is 17.8 Å². The Labute approximate surface area is 166 Å². The van der Waals surface area contributed by atoms with E-state index in [9.17, 15) is 9.18 Å². The summed E-state index contributed by atoms with van der Waals surface area (Å²) in [6.45, 7) is 3.57. The molecule has 144 valence electrons. The third-order valence-corrected chi connectivity index (χ3v) is 5.43. The van der Waals surface area contributed by atoms with E-state index >= 15 is 0 Å². The molecule has 1 saturated heterocycles. The maximum absolute atomic E-state index is 13.7. The van der Waals surface area contributed by atoms with Gasteiger partial charge in [-0.15, -0.1) is 0 Å². The topological polar surface area (TPSA) is 75.9 Å². The molecule has 0 unspecified atom stereocenters. The highest BCUT2D eigenvalue weighted by molar-refractivity contribution is 7.99. The molecule has 0 bridgehead atoms. The van der Waals surface area contributed by atoms with Crippen LogP contribution >= 0.6 is 11.8 Å². The average molecular weight is 398 g/mol. The molecule has 9 heteroatoms.